The van der Waals surface area contributed by atoms with Crippen LogP contribution in [0.4, 0.5) is 0 Å². The molecule has 2 aliphatic rings. The fraction of sp³-hybridized carbons (Fsp3) is 0.550. The summed E-state index contributed by atoms with van der Waals surface area (Å²) in [6.45, 7) is 12.2. The molecule has 3 aromatic carbocycles. The number of amides is 3. The number of nitrogens with zero attached hydrogens (tertiary/aromatic N) is 7. The van der Waals surface area contributed by atoms with E-state index in [1.54, 1.807) is 80.9 Å². The number of hydrogen-bond acceptors (Lipinski definition) is 19. The second-order valence-electron chi connectivity index (χ2n) is 21.7. The van der Waals surface area contributed by atoms with E-state index >= 15 is 0 Å². The van der Waals surface area contributed by atoms with Crippen molar-refractivity contribution in [1.29, 1.82) is 0 Å². The Labute approximate surface area is 522 Å². The van der Waals surface area contributed by atoms with Crippen LogP contribution in [0, 0.1) is 0 Å². The van der Waals surface area contributed by atoms with Gasteiger partial charge in [-0.2, -0.15) is 5.10 Å². The summed E-state index contributed by atoms with van der Waals surface area (Å²) >= 11 is 13.0. The number of aliphatic carboxylic acids is 3. The zero-order chi connectivity index (χ0) is 63.6. The van der Waals surface area contributed by atoms with E-state index in [1.807, 2.05) is 37.8 Å². The Balaban J connectivity index is 0.807. The van der Waals surface area contributed by atoms with E-state index in [0.717, 1.165) is 0 Å². The molecule has 0 saturated carbocycles. The van der Waals surface area contributed by atoms with E-state index in [2.05, 4.69) is 10.6 Å². The highest BCUT2D eigenvalue weighted by molar-refractivity contribution is 6.34. The summed E-state index contributed by atoms with van der Waals surface area (Å²) in [5.41, 5.74) is 4.00. The third-order valence-electron chi connectivity index (χ3n) is 14.3. The van der Waals surface area contributed by atoms with Crippen LogP contribution in [0.3, 0.4) is 0 Å². The van der Waals surface area contributed by atoms with Crippen molar-refractivity contribution in [3.05, 3.63) is 81.5 Å². The maximum absolute atomic E-state index is 14.0. The van der Waals surface area contributed by atoms with Crippen LogP contribution >= 0.6 is 23.2 Å². The van der Waals surface area contributed by atoms with Crippen LogP contribution in [-0.4, -0.2) is 276 Å². The number of ether oxygens (including phenoxy) is 8. The van der Waals surface area contributed by atoms with Crippen molar-refractivity contribution in [2.75, 3.05) is 185 Å². The zero-order valence-electron chi connectivity index (χ0n) is 50.7. The summed E-state index contributed by atoms with van der Waals surface area (Å²) < 4.78 is 47.4. The molecule has 6 rings (SSSR count). The number of methoxy groups -OCH3 is 1. The Morgan fingerprint density at radius 2 is 1.06 bits per heavy atom. The highest BCUT2D eigenvalue weighted by Gasteiger charge is 2.35. The normalized spacial score (nSPS) is 14.6. The van der Waals surface area contributed by atoms with Crippen molar-refractivity contribution in [2.45, 2.75) is 32.9 Å². The van der Waals surface area contributed by atoms with E-state index in [0.29, 0.717) is 153 Å². The molecule has 1 fully saturated rings. The van der Waals surface area contributed by atoms with Gasteiger partial charge in [0.1, 0.15) is 18.1 Å². The number of carboxylic acid groups (broad SMARTS) is 3. The number of carboxylic acids is 3. The van der Waals surface area contributed by atoms with Gasteiger partial charge in [0, 0.05) is 116 Å². The van der Waals surface area contributed by atoms with Gasteiger partial charge in [-0.25, -0.2) is 4.68 Å². The third-order valence-corrected chi connectivity index (χ3v) is 14.7. The van der Waals surface area contributed by atoms with Crippen LogP contribution in [0.2, 0.25) is 10.0 Å². The average molecular weight is 1270 g/mol. The lowest BCUT2D eigenvalue weighted by Gasteiger charge is -2.32. The molecule has 0 atom stereocenters. The summed E-state index contributed by atoms with van der Waals surface area (Å²) in [5, 5.41) is 39.7. The molecular weight excluding hydrogens is 1190 g/mol. The highest BCUT2D eigenvalue weighted by atomic mass is 35.5. The number of hydrogen-bond donors (Lipinski definition) is 5. The van der Waals surface area contributed by atoms with Gasteiger partial charge >= 0.3 is 17.9 Å². The number of carbonyl (C=O) groups excluding carboxylic acids is 3. The van der Waals surface area contributed by atoms with Gasteiger partial charge in [-0.1, -0.05) is 35.3 Å². The van der Waals surface area contributed by atoms with E-state index < -0.39 is 23.4 Å². The van der Waals surface area contributed by atoms with Crippen LogP contribution < -0.4 is 20.1 Å². The number of rotatable bonds is 34. The van der Waals surface area contributed by atoms with Crippen LogP contribution in [0.5, 0.6) is 11.5 Å². The summed E-state index contributed by atoms with van der Waals surface area (Å²) in [7, 11) is 3.30. The lowest BCUT2D eigenvalue weighted by atomic mass is 9.95. The molecule has 28 heteroatoms. The van der Waals surface area contributed by atoms with Crippen LogP contribution in [0.15, 0.2) is 54.6 Å². The molecule has 1 aromatic heterocycles. The lowest BCUT2D eigenvalue weighted by Crippen LogP contribution is -2.50. The molecule has 5 N–H and O–H groups in total. The van der Waals surface area contributed by atoms with Crippen molar-refractivity contribution >= 4 is 58.8 Å². The van der Waals surface area contributed by atoms with Crippen LogP contribution in [0.25, 0.3) is 28.1 Å². The minimum Gasteiger partial charge on any atom is -0.496 e. The SMILES string of the molecule is COc1cc2c(cc1-c1cccc(C(=O)NCCOCCOCCOCCOCCOCCOCCNC(=O)CN3CCN(CC(=O)O)CCN(CC(=O)O)CCN(CC(=O)O)CC3)c1)-c1c(c(C(=O)N(C)C(C)(C)C)nn1-c1cc(Cl)cc(Cl)c1)CO2. The van der Waals surface area contributed by atoms with E-state index in [9.17, 15) is 44.1 Å². The minimum atomic E-state index is -1.03. The predicted molar refractivity (Wildman–Crippen MR) is 326 cm³/mol. The summed E-state index contributed by atoms with van der Waals surface area (Å²) in [6.07, 6.45) is 0. The number of halogens is 2. The first-order valence-corrected chi connectivity index (χ1v) is 29.8. The van der Waals surface area contributed by atoms with Crippen LogP contribution in [-0.2, 0) is 54.2 Å². The fourth-order valence-corrected chi connectivity index (χ4v) is 9.95. The van der Waals surface area contributed by atoms with Gasteiger partial charge in [0.2, 0.25) is 5.91 Å². The molecule has 0 unspecified atom stereocenters. The molecule has 4 aromatic rings. The zero-order valence-corrected chi connectivity index (χ0v) is 52.2. The molecule has 88 heavy (non-hydrogen) atoms. The standard InChI is InChI=1S/C60H83Cl2N9O17/c1-60(2,3)66(4)59(80)56-49-41-88-51-36-50(81-5)47(35-48(51)57(49)71(65-56)46-33-44(61)32-45(62)34-46)42-7-6-8-43(31-42)58(79)64-10-20-83-22-24-85-26-28-87-30-29-86-27-25-84-23-21-82-19-9-63-52(72)37-67-11-13-68(38-53(73)74)15-17-70(40-55(77)78)18-16-69(14-12-67)39-54(75)76/h6-8,31-36H,9-30,37-41H2,1-5H3,(H,63,72)(H,64,79)(H,73,74)(H,75,76)(H,77,78). The number of nitrogens with one attached hydrogen (secondary N) is 2. The van der Waals surface area contributed by atoms with Crippen LogP contribution in [0.1, 0.15) is 47.2 Å². The molecule has 2 aliphatic heterocycles. The quantitative estimate of drug-likeness (QED) is 0.0417. The topological polar surface area (TPSA) is 295 Å². The maximum Gasteiger partial charge on any atom is 0.317 e. The molecule has 0 aliphatic carbocycles. The first-order valence-electron chi connectivity index (χ1n) is 29.1. The van der Waals surface area contributed by atoms with Gasteiger partial charge in [0.25, 0.3) is 11.8 Å². The first-order chi connectivity index (χ1) is 42.2. The number of carbonyl (C=O) groups is 6. The molecule has 0 spiro atoms. The lowest BCUT2D eigenvalue weighted by molar-refractivity contribution is -0.140. The Morgan fingerprint density at radius 3 is 1.51 bits per heavy atom. The van der Waals surface area contributed by atoms with Gasteiger partial charge in [-0.15, -0.1) is 0 Å². The Morgan fingerprint density at radius 1 is 0.602 bits per heavy atom. The molecule has 3 heterocycles. The number of benzene rings is 3. The van der Waals surface area contributed by atoms with Crippen molar-refractivity contribution in [2.24, 2.45) is 0 Å². The average Bonchev–Trinajstić information content (AvgIpc) is 1.62. The van der Waals surface area contributed by atoms with Crippen molar-refractivity contribution in [3.63, 3.8) is 0 Å². The van der Waals surface area contributed by atoms with E-state index in [4.69, 9.17) is 66.2 Å². The molecule has 484 valence electrons. The fourth-order valence-electron chi connectivity index (χ4n) is 9.43. The Kier molecular flexibility index (Phi) is 29.0. The smallest absolute Gasteiger partial charge is 0.317 e. The van der Waals surface area contributed by atoms with Crippen molar-refractivity contribution in [1.82, 2.24) is 44.9 Å². The highest BCUT2D eigenvalue weighted by Crippen LogP contribution is 2.46. The second-order valence-corrected chi connectivity index (χ2v) is 22.6. The van der Waals surface area contributed by atoms with Gasteiger partial charge < -0.3 is 68.7 Å². The van der Waals surface area contributed by atoms with Gasteiger partial charge in [-0.05, 0) is 62.7 Å². The molecule has 1 saturated heterocycles. The third kappa shape index (κ3) is 23.1. The Bertz CT molecular complexity index is 2890. The second kappa shape index (κ2) is 36.2. The Hall–Kier alpha value is -6.53. The van der Waals surface area contributed by atoms with E-state index in [-0.39, 0.29) is 109 Å². The minimum absolute atomic E-state index is 0.0129. The van der Waals surface area contributed by atoms with Crippen molar-refractivity contribution < 1.29 is 82.0 Å². The maximum atomic E-state index is 14.0. The summed E-state index contributed by atoms with van der Waals surface area (Å²) in [4.78, 5) is 83.4. The summed E-state index contributed by atoms with van der Waals surface area (Å²) in [6, 6.07) is 16.0. The molecular formula is C60H83Cl2N9O17. The molecule has 26 nitrogen and oxygen atoms in total. The summed E-state index contributed by atoms with van der Waals surface area (Å²) in [5.74, 6) is -2.87. The van der Waals surface area contributed by atoms with Gasteiger partial charge in [-0.3, -0.25) is 48.4 Å². The van der Waals surface area contributed by atoms with Gasteiger partial charge in [0.15, 0.2) is 5.69 Å². The number of aromatic nitrogens is 2. The molecule has 0 radical (unpaired) electrons. The first kappa shape index (κ1) is 70.6. The molecule has 0 bridgehead atoms. The van der Waals surface area contributed by atoms with E-state index in [1.165, 1.54) is 0 Å². The van der Waals surface area contributed by atoms with Crippen molar-refractivity contribution in [3.8, 4) is 39.6 Å². The van der Waals surface area contributed by atoms with Gasteiger partial charge in [0.05, 0.1) is 124 Å². The largest absolute Gasteiger partial charge is 0.496 e. The number of fused-ring (bicyclic) bond motifs is 3. The molecule has 3 amide bonds. The predicted octanol–water partition coefficient (Wildman–Crippen LogP) is 3.71. The monoisotopic (exact) mass is 1270 g/mol.